The van der Waals surface area contributed by atoms with E-state index < -0.39 is 0 Å². The maximum atomic E-state index is 13.4. The van der Waals surface area contributed by atoms with Crippen molar-refractivity contribution in [1.29, 1.82) is 5.26 Å². The van der Waals surface area contributed by atoms with Gasteiger partial charge in [0.05, 0.1) is 23.0 Å². The van der Waals surface area contributed by atoms with Gasteiger partial charge in [0.2, 0.25) is 0 Å². The van der Waals surface area contributed by atoms with E-state index in [1.54, 1.807) is 10.8 Å². The predicted molar refractivity (Wildman–Crippen MR) is 106 cm³/mol. The molecule has 0 radical (unpaired) electrons. The first-order chi connectivity index (χ1) is 12.6. The third-order valence-corrected chi connectivity index (χ3v) is 5.01. The molecule has 0 bridgehead atoms. The number of hydrogen-bond donors (Lipinski definition) is 0. The minimum atomic E-state index is -0.163. The number of aromatic nitrogens is 4. The molecule has 0 spiro atoms. The molecule has 1 atom stereocenters. The van der Waals surface area contributed by atoms with E-state index in [-0.39, 0.29) is 23.1 Å². The second-order valence-corrected chi connectivity index (χ2v) is 8.53. The zero-order chi connectivity index (χ0) is 19.9. The Balaban J connectivity index is 2.34. The fraction of sp³-hybridized carbons (Fsp3) is 0.524. The van der Waals surface area contributed by atoms with Crippen LogP contribution in [0.15, 0.2) is 23.3 Å². The molecular weight excluding hydrogens is 338 g/mol. The Morgan fingerprint density at radius 1 is 1.33 bits per heavy atom. The lowest BCUT2D eigenvalue weighted by Crippen LogP contribution is -2.31. The first kappa shape index (κ1) is 19.1. The van der Waals surface area contributed by atoms with E-state index in [1.807, 2.05) is 37.7 Å². The van der Waals surface area contributed by atoms with E-state index in [2.05, 4.69) is 31.9 Å². The molecule has 1 unspecified atom stereocenters. The number of rotatable bonds is 2. The third-order valence-electron chi connectivity index (χ3n) is 5.01. The van der Waals surface area contributed by atoms with Gasteiger partial charge in [0.1, 0.15) is 6.07 Å². The third kappa shape index (κ3) is 3.34. The normalized spacial score (nSPS) is 17.3. The molecule has 0 amide bonds. The van der Waals surface area contributed by atoms with Gasteiger partial charge in [0.15, 0.2) is 5.82 Å². The standard InChI is InChI=1S/C21H27N5O/c1-13(2)17-18(16-11-23-25(12-16)21(4,5)6)24-19-15(10-22)9-7-8-14(3)26(19)20(17)27/h9,11-14H,7-8H2,1-6H3. The van der Waals surface area contributed by atoms with Gasteiger partial charge in [0, 0.05) is 23.4 Å². The van der Waals surface area contributed by atoms with E-state index in [0.717, 1.165) is 18.4 Å². The lowest BCUT2D eigenvalue weighted by Gasteiger charge is -2.21. The number of hydrogen-bond acceptors (Lipinski definition) is 4. The molecule has 0 fully saturated rings. The molecule has 0 N–H and O–H groups in total. The number of nitriles is 1. The van der Waals surface area contributed by atoms with Crippen LogP contribution in [0.3, 0.4) is 0 Å². The Labute approximate surface area is 160 Å². The summed E-state index contributed by atoms with van der Waals surface area (Å²) in [5, 5.41) is 14.1. The Hall–Kier alpha value is -2.68. The van der Waals surface area contributed by atoms with E-state index >= 15 is 0 Å². The van der Waals surface area contributed by atoms with Crippen molar-refractivity contribution in [2.45, 2.75) is 71.9 Å². The number of nitrogens with zero attached hydrogens (tertiary/aromatic N) is 5. The van der Waals surface area contributed by atoms with Crippen LogP contribution in [0.25, 0.3) is 16.8 Å². The average molecular weight is 365 g/mol. The number of fused-ring (bicyclic) bond motifs is 1. The second-order valence-electron chi connectivity index (χ2n) is 8.53. The zero-order valence-corrected chi connectivity index (χ0v) is 16.9. The summed E-state index contributed by atoms with van der Waals surface area (Å²) in [7, 11) is 0. The van der Waals surface area contributed by atoms with E-state index in [4.69, 9.17) is 4.98 Å². The maximum Gasteiger partial charge on any atom is 0.258 e. The van der Waals surface area contributed by atoms with Gasteiger partial charge >= 0.3 is 0 Å². The highest BCUT2D eigenvalue weighted by molar-refractivity contribution is 5.75. The fourth-order valence-corrected chi connectivity index (χ4v) is 3.48. The molecule has 6 heteroatoms. The van der Waals surface area contributed by atoms with Crippen molar-refractivity contribution in [3.05, 3.63) is 40.2 Å². The summed E-state index contributed by atoms with van der Waals surface area (Å²) >= 11 is 0. The van der Waals surface area contributed by atoms with Crippen LogP contribution in [-0.4, -0.2) is 19.3 Å². The summed E-state index contributed by atoms with van der Waals surface area (Å²) in [6.07, 6.45) is 7.16. The van der Waals surface area contributed by atoms with Gasteiger partial charge in [-0.15, -0.1) is 0 Å². The van der Waals surface area contributed by atoms with Gasteiger partial charge in [-0.25, -0.2) is 4.98 Å². The number of allylic oxidation sites excluding steroid dienone is 2. The molecule has 0 saturated heterocycles. The van der Waals surface area contributed by atoms with Crippen LogP contribution in [0.1, 0.15) is 77.7 Å². The molecule has 1 aliphatic heterocycles. The largest absolute Gasteiger partial charge is 0.289 e. The van der Waals surface area contributed by atoms with E-state index in [0.29, 0.717) is 22.7 Å². The van der Waals surface area contributed by atoms with Crippen molar-refractivity contribution in [3.63, 3.8) is 0 Å². The van der Waals surface area contributed by atoms with Crippen molar-refractivity contribution in [1.82, 2.24) is 19.3 Å². The van der Waals surface area contributed by atoms with Gasteiger partial charge < -0.3 is 0 Å². The van der Waals surface area contributed by atoms with Gasteiger partial charge in [0.25, 0.3) is 5.56 Å². The molecule has 142 valence electrons. The Morgan fingerprint density at radius 2 is 2.04 bits per heavy atom. The summed E-state index contributed by atoms with van der Waals surface area (Å²) in [6.45, 7) is 12.2. The summed E-state index contributed by atoms with van der Waals surface area (Å²) < 4.78 is 3.58. The molecule has 0 aliphatic carbocycles. The highest BCUT2D eigenvalue weighted by Gasteiger charge is 2.27. The highest BCUT2D eigenvalue weighted by Crippen LogP contribution is 2.31. The lowest BCUT2D eigenvalue weighted by atomic mass is 9.99. The lowest BCUT2D eigenvalue weighted by molar-refractivity contribution is 0.355. The topological polar surface area (TPSA) is 76.5 Å². The van der Waals surface area contributed by atoms with Crippen LogP contribution in [0.4, 0.5) is 0 Å². The molecule has 27 heavy (non-hydrogen) atoms. The Bertz CT molecular complexity index is 995. The summed E-state index contributed by atoms with van der Waals surface area (Å²) in [4.78, 5) is 18.3. The minimum Gasteiger partial charge on any atom is -0.289 e. The molecule has 1 aliphatic rings. The molecule has 2 aromatic rings. The molecule has 0 saturated carbocycles. The van der Waals surface area contributed by atoms with Crippen LogP contribution < -0.4 is 5.56 Å². The molecule has 0 aromatic carbocycles. The quantitative estimate of drug-likeness (QED) is 0.797. The zero-order valence-electron chi connectivity index (χ0n) is 16.9. The minimum absolute atomic E-state index is 0.00551. The van der Waals surface area contributed by atoms with E-state index in [1.165, 1.54) is 0 Å². The van der Waals surface area contributed by atoms with Crippen LogP contribution in [0.2, 0.25) is 0 Å². The van der Waals surface area contributed by atoms with Crippen molar-refractivity contribution in [3.8, 4) is 17.3 Å². The maximum absolute atomic E-state index is 13.4. The van der Waals surface area contributed by atoms with E-state index in [9.17, 15) is 10.1 Å². The van der Waals surface area contributed by atoms with Crippen molar-refractivity contribution in [2.75, 3.05) is 0 Å². The molecule has 3 heterocycles. The summed E-state index contributed by atoms with van der Waals surface area (Å²) in [5.74, 6) is 0.483. The molecule has 3 rings (SSSR count). The second kappa shape index (κ2) is 6.80. The monoisotopic (exact) mass is 365 g/mol. The van der Waals surface area contributed by atoms with Gasteiger partial charge in [-0.1, -0.05) is 19.9 Å². The van der Waals surface area contributed by atoms with Crippen molar-refractivity contribution < 1.29 is 0 Å². The molecule has 2 aromatic heterocycles. The molecule has 6 nitrogen and oxygen atoms in total. The van der Waals surface area contributed by atoms with Crippen LogP contribution in [0, 0.1) is 11.3 Å². The Morgan fingerprint density at radius 3 is 2.59 bits per heavy atom. The van der Waals surface area contributed by atoms with Gasteiger partial charge in [-0.2, -0.15) is 10.4 Å². The van der Waals surface area contributed by atoms with Crippen LogP contribution in [0.5, 0.6) is 0 Å². The van der Waals surface area contributed by atoms with Gasteiger partial charge in [-0.3, -0.25) is 14.0 Å². The summed E-state index contributed by atoms with van der Waals surface area (Å²) in [6, 6.07) is 2.23. The van der Waals surface area contributed by atoms with Crippen LogP contribution >= 0.6 is 0 Å². The van der Waals surface area contributed by atoms with Crippen molar-refractivity contribution in [2.24, 2.45) is 0 Å². The summed E-state index contributed by atoms with van der Waals surface area (Å²) in [5.41, 5.74) is 2.37. The molecular formula is C21H27N5O. The van der Waals surface area contributed by atoms with Crippen molar-refractivity contribution >= 4 is 5.57 Å². The van der Waals surface area contributed by atoms with Crippen LogP contribution in [-0.2, 0) is 5.54 Å². The van der Waals surface area contributed by atoms with Gasteiger partial charge in [-0.05, 0) is 46.5 Å². The predicted octanol–water partition coefficient (Wildman–Crippen LogP) is 4.25. The first-order valence-electron chi connectivity index (χ1n) is 9.47. The first-order valence-corrected chi connectivity index (χ1v) is 9.47. The fourth-order valence-electron chi connectivity index (χ4n) is 3.48. The highest BCUT2D eigenvalue weighted by atomic mass is 16.1. The Kier molecular flexibility index (Phi) is 4.81. The smallest absolute Gasteiger partial charge is 0.258 e. The average Bonchev–Trinajstić information content (AvgIpc) is 3.01. The SMILES string of the molecule is CC(C)c1c(-c2cnn(C(C)(C)C)c2)nc2n(c1=O)C(C)CCC=C2C#N.